The van der Waals surface area contributed by atoms with Crippen LogP contribution in [0.3, 0.4) is 0 Å². The average Bonchev–Trinajstić information content (AvgIpc) is 4.03. The Bertz CT molecular complexity index is 2090. The minimum atomic E-state index is -0.608. The number of ether oxygens (including phenoxy) is 5. The normalized spacial score (nSPS) is 43.9. The summed E-state index contributed by atoms with van der Waals surface area (Å²) in [5, 5.41) is 15.2. The molecule has 11 nitrogen and oxygen atoms in total. The average molecular weight is 737 g/mol. The third-order valence-corrected chi connectivity index (χ3v) is 17.2. The van der Waals surface area contributed by atoms with E-state index in [0.717, 1.165) is 55.8 Å². The molecule has 11 heteroatoms. The lowest BCUT2D eigenvalue weighted by Gasteiger charge is -2.58. The molecule has 2 aromatic carbocycles. The zero-order valence-corrected chi connectivity index (χ0v) is 32.2. The first-order chi connectivity index (χ1) is 26.2. The molecular weight excluding hydrogens is 684 g/mol. The highest BCUT2D eigenvalue weighted by atomic mass is 16.6. The van der Waals surface area contributed by atoms with E-state index in [1.165, 1.54) is 37.6 Å². The van der Waals surface area contributed by atoms with Crippen LogP contribution in [0.4, 0.5) is 11.4 Å². The van der Waals surface area contributed by atoms with Crippen molar-refractivity contribution in [3.63, 3.8) is 0 Å². The molecule has 2 aliphatic carbocycles. The van der Waals surface area contributed by atoms with Gasteiger partial charge in [0.05, 0.1) is 62.4 Å². The molecule has 0 aromatic heterocycles. The molecular formula is C43H52N4O7. The van der Waals surface area contributed by atoms with E-state index in [-0.39, 0.29) is 58.0 Å². The largest absolute Gasteiger partial charge is 0.504 e. The van der Waals surface area contributed by atoms with Crippen molar-refractivity contribution in [2.24, 2.45) is 10.8 Å². The van der Waals surface area contributed by atoms with Crippen molar-refractivity contribution < 1.29 is 33.6 Å². The summed E-state index contributed by atoms with van der Waals surface area (Å²) in [4.78, 5) is 22.2. The standard InChI is InChI=1S/C43H52N4O7/c1-7-40-13-12-27-43(14-16-46(38(40)43)20-26-35(40)53-26)28-21(10-9-11-24(28)45(27)3)30-33-36(54-33)41(8-2)19-22(37(49)52-6)34-42(15-17-47(30)39(41)42)23-18-25(48)31(50-4)32(51-5)29(23)44-34/h9-11,18,26-27,30,33,35-36,38-39,44,48H,7-8,12-17,19-20H2,1-6H3/t26-,27+,30-,33-,35-,36-,38+,39+,40-,41-,42+,43-/m1/s1. The Morgan fingerprint density at radius 3 is 2.57 bits per heavy atom. The van der Waals surface area contributed by atoms with Crippen molar-refractivity contribution in [3.8, 4) is 17.2 Å². The van der Waals surface area contributed by atoms with E-state index in [2.05, 4.69) is 59.1 Å². The molecule has 2 spiro atoms. The zero-order chi connectivity index (χ0) is 36.8. The lowest BCUT2D eigenvalue weighted by molar-refractivity contribution is -0.137. The van der Waals surface area contributed by atoms with Gasteiger partial charge < -0.3 is 39.0 Å². The van der Waals surface area contributed by atoms with E-state index in [1.807, 2.05) is 6.07 Å². The number of phenolic OH excluding ortho intramolecular Hbond substituents is 1. The number of rotatable bonds is 6. The van der Waals surface area contributed by atoms with Crippen LogP contribution in [0.2, 0.25) is 0 Å². The van der Waals surface area contributed by atoms with Crippen molar-refractivity contribution in [3.05, 3.63) is 52.2 Å². The van der Waals surface area contributed by atoms with Crippen molar-refractivity contribution in [1.29, 1.82) is 0 Å². The van der Waals surface area contributed by atoms with Crippen LogP contribution in [0.25, 0.3) is 0 Å². The SMILES string of the molecule is CC[C@@]12CC[C@@H]3N(C)c4cccc([C@@H]5[C@H]6O[C@H]6[C@@]6(CC)CC(C(=O)OC)=C7Nc8c(cc(O)c(OC)c8OC)[C@@]78CCN5[C@@H]68)c4[C@@]34CCN(C[C@H]3O[C@H]31)[C@@H]24. The van der Waals surface area contributed by atoms with E-state index in [1.54, 1.807) is 19.8 Å². The van der Waals surface area contributed by atoms with Crippen molar-refractivity contribution in [2.45, 2.75) is 118 Å². The van der Waals surface area contributed by atoms with Gasteiger partial charge in [0.1, 0.15) is 6.10 Å². The number of methoxy groups -OCH3 is 3. The molecule has 6 saturated heterocycles. The maximum atomic E-state index is 13.9. The summed E-state index contributed by atoms with van der Waals surface area (Å²) in [5.41, 5.74) is 6.96. The van der Waals surface area contributed by atoms with Crippen molar-refractivity contribution >= 4 is 17.3 Å². The number of hydrogen-bond acceptors (Lipinski definition) is 11. The van der Waals surface area contributed by atoms with Gasteiger partial charge in [-0.3, -0.25) is 9.80 Å². The Morgan fingerprint density at radius 1 is 1.00 bits per heavy atom. The minimum Gasteiger partial charge on any atom is -0.504 e. The zero-order valence-electron chi connectivity index (χ0n) is 32.2. The number of carbonyl (C=O) groups is 1. The van der Waals surface area contributed by atoms with E-state index in [4.69, 9.17) is 23.7 Å². The number of esters is 1. The van der Waals surface area contributed by atoms with Gasteiger partial charge >= 0.3 is 5.97 Å². The smallest absolute Gasteiger partial charge is 0.335 e. The van der Waals surface area contributed by atoms with Crippen molar-refractivity contribution in [1.82, 2.24) is 9.80 Å². The first kappa shape index (κ1) is 32.7. The van der Waals surface area contributed by atoms with Crippen LogP contribution in [0, 0.1) is 10.8 Å². The summed E-state index contributed by atoms with van der Waals surface area (Å²) >= 11 is 0. The van der Waals surface area contributed by atoms with Gasteiger partial charge in [0.25, 0.3) is 0 Å². The minimum absolute atomic E-state index is 0.0116. The third kappa shape index (κ3) is 3.32. The van der Waals surface area contributed by atoms with Gasteiger partial charge in [-0.1, -0.05) is 26.0 Å². The number of nitrogens with zero attached hydrogens (tertiary/aromatic N) is 3. The van der Waals surface area contributed by atoms with Crippen LogP contribution in [0.5, 0.6) is 17.2 Å². The third-order valence-electron chi connectivity index (χ3n) is 17.2. The summed E-state index contributed by atoms with van der Waals surface area (Å²) in [6.07, 6.45) is 7.76. The molecule has 1 saturated carbocycles. The predicted molar refractivity (Wildman–Crippen MR) is 200 cm³/mol. The van der Waals surface area contributed by atoms with Gasteiger partial charge in [0.2, 0.25) is 5.75 Å². The van der Waals surface area contributed by atoms with E-state index >= 15 is 0 Å². The number of likely N-dealkylation sites (N-methyl/N-ethyl adjacent to an activating group) is 1. The van der Waals surface area contributed by atoms with Crippen LogP contribution in [0.1, 0.15) is 81.5 Å². The molecule has 0 bridgehead atoms. The van der Waals surface area contributed by atoms with Gasteiger partial charge in [0.15, 0.2) is 11.5 Å². The highest BCUT2D eigenvalue weighted by Gasteiger charge is 2.79. The summed E-state index contributed by atoms with van der Waals surface area (Å²) in [5.74, 6) is 0.463. The molecule has 0 unspecified atom stereocenters. The second-order valence-corrected chi connectivity index (χ2v) is 18.2. The maximum absolute atomic E-state index is 13.9. The summed E-state index contributed by atoms with van der Waals surface area (Å²) in [7, 11) is 6.98. The lowest BCUT2D eigenvalue weighted by Crippen LogP contribution is -2.67. The van der Waals surface area contributed by atoms with Crippen LogP contribution >= 0.6 is 0 Å². The molecule has 2 N–H and O–H groups in total. The van der Waals surface area contributed by atoms with Crippen molar-refractivity contribution in [2.75, 3.05) is 58.2 Å². The second kappa shape index (κ2) is 10.3. The lowest BCUT2D eigenvalue weighted by atomic mass is 9.51. The number of benzene rings is 2. The topological polar surface area (TPSA) is 112 Å². The second-order valence-electron chi connectivity index (χ2n) is 18.2. The first-order valence-corrected chi connectivity index (χ1v) is 20.4. The first-order valence-electron chi connectivity index (χ1n) is 20.4. The molecule has 8 heterocycles. The molecule has 54 heavy (non-hydrogen) atoms. The molecule has 7 fully saturated rings. The highest BCUT2D eigenvalue weighted by Crippen LogP contribution is 2.74. The Morgan fingerprint density at radius 2 is 1.81 bits per heavy atom. The highest BCUT2D eigenvalue weighted by molar-refractivity contribution is 5.94. The fraction of sp³-hybridized carbons (Fsp3) is 0.651. The molecule has 12 atom stereocenters. The molecule has 12 rings (SSSR count). The summed E-state index contributed by atoms with van der Waals surface area (Å²) in [6, 6.07) is 10.00. The Kier molecular flexibility index (Phi) is 6.22. The molecule has 10 aliphatic rings. The number of carbonyl (C=O) groups excluding carboxylic acids is 1. The van der Waals surface area contributed by atoms with Crippen LogP contribution in [-0.4, -0.2) is 111 Å². The Balaban J connectivity index is 1.07. The maximum Gasteiger partial charge on any atom is 0.335 e. The summed E-state index contributed by atoms with van der Waals surface area (Å²) < 4.78 is 30.8. The van der Waals surface area contributed by atoms with Gasteiger partial charge in [-0.2, -0.15) is 0 Å². The molecule has 2 aromatic rings. The number of fused-ring (bicyclic) bond motifs is 6. The van der Waals surface area contributed by atoms with E-state index in [0.29, 0.717) is 42.0 Å². The monoisotopic (exact) mass is 736 g/mol. The summed E-state index contributed by atoms with van der Waals surface area (Å²) in [6.45, 7) is 7.71. The number of anilines is 2. The van der Waals surface area contributed by atoms with Gasteiger partial charge in [-0.05, 0) is 80.3 Å². The molecule has 0 radical (unpaired) electrons. The van der Waals surface area contributed by atoms with Crippen LogP contribution in [0.15, 0.2) is 35.5 Å². The van der Waals surface area contributed by atoms with E-state index < -0.39 is 5.41 Å². The fourth-order valence-electron chi connectivity index (χ4n) is 15.5. The number of aromatic hydroxyl groups is 1. The number of piperidine rings is 2. The number of phenols is 1. The van der Waals surface area contributed by atoms with Gasteiger partial charge in [-0.15, -0.1) is 0 Å². The van der Waals surface area contributed by atoms with E-state index in [9.17, 15) is 9.90 Å². The number of epoxide rings is 2. The van der Waals surface area contributed by atoms with Crippen LogP contribution < -0.4 is 19.7 Å². The molecule has 286 valence electrons. The number of hydrogen-bond donors (Lipinski definition) is 2. The molecule has 0 amide bonds. The van der Waals surface area contributed by atoms with Crippen LogP contribution in [-0.2, 0) is 29.8 Å². The van der Waals surface area contributed by atoms with Gasteiger partial charge in [-0.25, -0.2) is 4.79 Å². The van der Waals surface area contributed by atoms with Gasteiger partial charge in [0, 0.05) is 65.9 Å². The Labute approximate surface area is 316 Å². The number of nitrogens with one attached hydrogen (secondary N) is 1. The quantitative estimate of drug-likeness (QED) is 0.238. The molecule has 8 aliphatic heterocycles. The fourth-order valence-corrected chi connectivity index (χ4v) is 15.5. The Hall–Kier alpha value is -3.51. The predicted octanol–water partition coefficient (Wildman–Crippen LogP) is 5.00.